The Bertz CT molecular complexity index is 1320. The quantitative estimate of drug-likeness (QED) is 0.139. The Morgan fingerprint density at radius 1 is 0.949 bits per heavy atom. The summed E-state index contributed by atoms with van der Waals surface area (Å²) < 4.78 is 17.1. The molecule has 4 rings (SSSR count). The van der Waals surface area contributed by atoms with Gasteiger partial charge in [0.1, 0.15) is 11.5 Å². The summed E-state index contributed by atoms with van der Waals surface area (Å²) in [7, 11) is 1.55. The van der Waals surface area contributed by atoms with Gasteiger partial charge in [0.2, 0.25) is 0 Å². The van der Waals surface area contributed by atoms with Gasteiger partial charge in [0.25, 0.3) is 11.7 Å². The minimum absolute atomic E-state index is 0.0123. The fraction of sp³-hybridized carbons (Fsp3) is 0.323. The van der Waals surface area contributed by atoms with Crippen LogP contribution in [0.1, 0.15) is 55.8 Å². The largest absolute Gasteiger partial charge is 0.507 e. The van der Waals surface area contributed by atoms with Crippen LogP contribution in [0.2, 0.25) is 0 Å². The van der Waals surface area contributed by atoms with Gasteiger partial charge in [0.15, 0.2) is 11.5 Å². The Balaban J connectivity index is 1.80. The summed E-state index contributed by atoms with van der Waals surface area (Å²) in [5, 5.41) is 11.4. The molecule has 3 aromatic rings. The summed E-state index contributed by atoms with van der Waals surface area (Å²) in [6.07, 6.45) is 6.35. The van der Waals surface area contributed by atoms with Gasteiger partial charge in [-0.1, -0.05) is 25.8 Å². The molecular formula is C31H34N2O6. The smallest absolute Gasteiger partial charge is 0.295 e. The molecule has 39 heavy (non-hydrogen) atoms. The van der Waals surface area contributed by atoms with Crippen LogP contribution in [-0.2, 0) is 16.1 Å². The Morgan fingerprint density at radius 3 is 2.36 bits per heavy atom. The van der Waals surface area contributed by atoms with Gasteiger partial charge in [0.05, 0.1) is 31.9 Å². The van der Waals surface area contributed by atoms with E-state index in [0.29, 0.717) is 41.6 Å². The molecule has 204 valence electrons. The molecule has 1 N–H and O–H groups in total. The molecule has 8 nitrogen and oxygen atoms in total. The lowest BCUT2D eigenvalue weighted by Crippen LogP contribution is -2.29. The van der Waals surface area contributed by atoms with Crippen molar-refractivity contribution in [3.8, 4) is 17.2 Å². The summed E-state index contributed by atoms with van der Waals surface area (Å²) in [6, 6.07) is 14.8. The summed E-state index contributed by atoms with van der Waals surface area (Å²) in [4.78, 5) is 32.3. The minimum atomic E-state index is -0.839. The average molecular weight is 531 g/mol. The lowest BCUT2D eigenvalue weighted by molar-refractivity contribution is -0.140. The second-order valence-electron chi connectivity index (χ2n) is 9.21. The lowest BCUT2D eigenvalue weighted by Gasteiger charge is -2.26. The van der Waals surface area contributed by atoms with Crippen LogP contribution in [0.25, 0.3) is 5.76 Å². The third-order valence-electron chi connectivity index (χ3n) is 6.59. The van der Waals surface area contributed by atoms with Crippen molar-refractivity contribution in [2.45, 2.75) is 45.7 Å². The van der Waals surface area contributed by atoms with Crippen molar-refractivity contribution in [2.24, 2.45) is 0 Å². The van der Waals surface area contributed by atoms with Crippen LogP contribution in [0.4, 0.5) is 0 Å². The van der Waals surface area contributed by atoms with Crippen LogP contribution in [-0.4, -0.2) is 47.0 Å². The van der Waals surface area contributed by atoms with Crippen LogP contribution < -0.4 is 14.2 Å². The van der Waals surface area contributed by atoms with Gasteiger partial charge in [-0.2, -0.15) is 0 Å². The molecule has 0 spiro atoms. The number of benzene rings is 2. The Labute approximate surface area is 228 Å². The predicted molar refractivity (Wildman–Crippen MR) is 148 cm³/mol. The highest BCUT2D eigenvalue weighted by Gasteiger charge is 2.46. The molecule has 1 aromatic heterocycles. The number of pyridine rings is 1. The van der Waals surface area contributed by atoms with E-state index in [9.17, 15) is 14.7 Å². The van der Waals surface area contributed by atoms with E-state index in [1.54, 1.807) is 68.0 Å². The summed E-state index contributed by atoms with van der Waals surface area (Å²) in [5.41, 5.74) is 1.85. The second kappa shape index (κ2) is 13.0. The van der Waals surface area contributed by atoms with E-state index in [1.165, 1.54) is 4.90 Å². The first-order valence-electron chi connectivity index (χ1n) is 13.2. The highest BCUT2D eigenvalue weighted by molar-refractivity contribution is 6.46. The second-order valence-corrected chi connectivity index (χ2v) is 9.21. The highest BCUT2D eigenvalue weighted by atomic mass is 16.5. The van der Waals surface area contributed by atoms with Crippen LogP contribution in [0.5, 0.6) is 17.2 Å². The lowest BCUT2D eigenvalue weighted by atomic mass is 9.94. The van der Waals surface area contributed by atoms with Gasteiger partial charge >= 0.3 is 0 Å². The molecule has 1 atom stereocenters. The van der Waals surface area contributed by atoms with Crippen molar-refractivity contribution in [2.75, 3.05) is 20.3 Å². The van der Waals surface area contributed by atoms with Gasteiger partial charge in [0, 0.05) is 24.5 Å². The van der Waals surface area contributed by atoms with E-state index in [1.807, 2.05) is 13.0 Å². The number of ketones is 1. The fourth-order valence-corrected chi connectivity index (χ4v) is 4.60. The monoisotopic (exact) mass is 530 g/mol. The fourth-order valence-electron chi connectivity index (χ4n) is 4.60. The number of aromatic nitrogens is 1. The molecule has 1 saturated heterocycles. The first kappa shape index (κ1) is 27.7. The molecule has 0 aliphatic carbocycles. The first-order chi connectivity index (χ1) is 19.0. The van der Waals surface area contributed by atoms with E-state index in [-0.39, 0.29) is 17.9 Å². The minimum Gasteiger partial charge on any atom is -0.507 e. The Morgan fingerprint density at radius 2 is 1.69 bits per heavy atom. The van der Waals surface area contributed by atoms with E-state index < -0.39 is 17.7 Å². The standard InChI is InChI=1S/C31H34N2O6/c1-4-6-7-18-39-25-13-10-23(19-26(25)38-5-2)28-27(29(34)22-8-11-24(37-3)12-9-22)30(35)31(36)33(28)20-21-14-16-32-17-15-21/h8-17,19,28,34H,4-7,18,20H2,1-3H3. The van der Waals surface area contributed by atoms with Crippen LogP contribution in [0, 0.1) is 0 Å². The van der Waals surface area contributed by atoms with E-state index >= 15 is 0 Å². The number of carbonyl (C=O) groups excluding carboxylic acids is 2. The molecule has 8 heteroatoms. The molecule has 0 radical (unpaired) electrons. The number of methoxy groups -OCH3 is 1. The van der Waals surface area contributed by atoms with Crippen molar-refractivity contribution in [1.29, 1.82) is 0 Å². The van der Waals surface area contributed by atoms with Crippen LogP contribution >= 0.6 is 0 Å². The number of ether oxygens (including phenoxy) is 3. The number of nitrogens with zero attached hydrogens (tertiary/aromatic N) is 2. The van der Waals surface area contributed by atoms with Crippen molar-refractivity contribution >= 4 is 17.4 Å². The number of aliphatic hydroxyl groups is 1. The topological polar surface area (TPSA) is 98.2 Å². The number of unbranched alkanes of at least 4 members (excludes halogenated alkanes) is 2. The van der Waals surface area contributed by atoms with Crippen molar-refractivity contribution in [3.63, 3.8) is 0 Å². The van der Waals surface area contributed by atoms with Crippen LogP contribution in [0.15, 0.2) is 72.6 Å². The van der Waals surface area contributed by atoms with Crippen molar-refractivity contribution in [1.82, 2.24) is 9.88 Å². The molecule has 1 aliphatic heterocycles. The first-order valence-corrected chi connectivity index (χ1v) is 13.2. The maximum Gasteiger partial charge on any atom is 0.295 e. The van der Waals surface area contributed by atoms with E-state index in [0.717, 1.165) is 24.8 Å². The number of aliphatic hydroxyl groups excluding tert-OH is 1. The molecule has 1 aliphatic rings. The van der Waals surface area contributed by atoms with Gasteiger partial charge in [-0.05, 0) is 73.0 Å². The van der Waals surface area contributed by atoms with Gasteiger partial charge < -0.3 is 24.2 Å². The molecular weight excluding hydrogens is 496 g/mol. The van der Waals surface area contributed by atoms with Crippen molar-refractivity contribution < 1.29 is 28.9 Å². The normalized spacial score (nSPS) is 16.4. The molecule has 1 amide bonds. The number of rotatable bonds is 12. The number of hydrogen-bond donors (Lipinski definition) is 1. The van der Waals surface area contributed by atoms with Gasteiger partial charge in [-0.15, -0.1) is 0 Å². The Kier molecular flexibility index (Phi) is 9.20. The third kappa shape index (κ3) is 6.22. The number of amides is 1. The molecule has 1 fully saturated rings. The van der Waals surface area contributed by atoms with E-state index in [4.69, 9.17) is 14.2 Å². The number of likely N-dealkylation sites (tertiary alicyclic amines) is 1. The molecule has 0 bridgehead atoms. The average Bonchev–Trinajstić information content (AvgIpc) is 3.21. The number of hydrogen-bond acceptors (Lipinski definition) is 7. The molecule has 2 aromatic carbocycles. The van der Waals surface area contributed by atoms with Crippen molar-refractivity contribution in [3.05, 3.63) is 89.3 Å². The zero-order valence-corrected chi connectivity index (χ0v) is 22.6. The maximum absolute atomic E-state index is 13.4. The van der Waals surface area contributed by atoms with Gasteiger partial charge in [-0.3, -0.25) is 14.6 Å². The number of Topliss-reactive ketones (excluding diaryl/α,β-unsaturated/α-hetero) is 1. The molecule has 2 heterocycles. The van der Waals surface area contributed by atoms with E-state index in [2.05, 4.69) is 11.9 Å². The molecule has 0 saturated carbocycles. The highest BCUT2D eigenvalue weighted by Crippen LogP contribution is 2.43. The van der Waals surface area contributed by atoms with Gasteiger partial charge in [-0.25, -0.2) is 0 Å². The SMILES string of the molecule is CCCCCOc1ccc(C2C(=C(O)c3ccc(OC)cc3)C(=O)C(=O)N2Cc2ccncc2)cc1OCC. The summed E-state index contributed by atoms with van der Waals surface area (Å²) in [6.45, 7) is 5.15. The third-order valence-corrected chi connectivity index (χ3v) is 6.59. The van der Waals surface area contributed by atoms with Crippen LogP contribution in [0.3, 0.4) is 0 Å². The predicted octanol–water partition coefficient (Wildman–Crippen LogP) is 5.68. The maximum atomic E-state index is 13.4. The Hall–Kier alpha value is -4.33. The zero-order valence-electron chi connectivity index (χ0n) is 22.6. The summed E-state index contributed by atoms with van der Waals surface area (Å²) >= 11 is 0. The zero-order chi connectivity index (χ0) is 27.8. The number of carbonyl (C=O) groups is 2. The molecule has 1 unspecified atom stereocenters. The summed E-state index contributed by atoms with van der Waals surface area (Å²) in [5.74, 6) is 0.0292.